The van der Waals surface area contributed by atoms with Crippen molar-refractivity contribution in [1.82, 2.24) is 0 Å². The molecule has 1 aromatic carbocycles. The van der Waals surface area contributed by atoms with Crippen molar-refractivity contribution < 1.29 is 9.53 Å². The molecule has 2 aromatic rings. The van der Waals surface area contributed by atoms with Gasteiger partial charge < -0.3 is 4.74 Å². The SMILES string of the molecule is O=Cc1cc(Oc2ccc(Br)cc2Br)cs1. The Hall–Kier alpha value is -0.650. The number of halogens is 2. The second-order valence-corrected chi connectivity index (χ2v) is 5.69. The summed E-state index contributed by atoms with van der Waals surface area (Å²) < 4.78 is 7.47. The molecular weight excluding hydrogens is 356 g/mol. The molecule has 0 atom stereocenters. The van der Waals surface area contributed by atoms with Crippen molar-refractivity contribution in [3.05, 3.63) is 43.5 Å². The molecule has 0 radical (unpaired) electrons. The highest BCUT2D eigenvalue weighted by molar-refractivity contribution is 9.11. The first kappa shape index (κ1) is 11.8. The highest BCUT2D eigenvalue weighted by atomic mass is 79.9. The predicted molar refractivity (Wildman–Crippen MR) is 71.6 cm³/mol. The maximum absolute atomic E-state index is 10.5. The zero-order valence-electron chi connectivity index (χ0n) is 7.94. The van der Waals surface area contributed by atoms with E-state index >= 15 is 0 Å². The van der Waals surface area contributed by atoms with E-state index in [9.17, 15) is 4.79 Å². The molecule has 1 heterocycles. The molecule has 0 fully saturated rings. The summed E-state index contributed by atoms with van der Waals surface area (Å²) >= 11 is 8.13. The minimum absolute atomic E-state index is 0.656. The van der Waals surface area contributed by atoms with E-state index in [-0.39, 0.29) is 0 Å². The second kappa shape index (κ2) is 5.12. The van der Waals surface area contributed by atoms with Crippen LogP contribution in [-0.2, 0) is 0 Å². The van der Waals surface area contributed by atoms with Gasteiger partial charge in [-0.25, -0.2) is 0 Å². The zero-order valence-corrected chi connectivity index (χ0v) is 11.9. The molecule has 1 aromatic heterocycles. The lowest BCUT2D eigenvalue weighted by Gasteiger charge is -2.05. The fraction of sp³-hybridized carbons (Fsp3) is 0. The van der Waals surface area contributed by atoms with Gasteiger partial charge in [0.15, 0.2) is 6.29 Å². The van der Waals surface area contributed by atoms with Gasteiger partial charge in [0, 0.05) is 15.9 Å². The topological polar surface area (TPSA) is 26.3 Å². The van der Waals surface area contributed by atoms with Gasteiger partial charge in [-0.3, -0.25) is 4.79 Å². The van der Waals surface area contributed by atoms with Crippen molar-refractivity contribution in [1.29, 1.82) is 0 Å². The largest absolute Gasteiger partial charge is 0.455 e. The number of rotatable bonds is 3. The van der Waals surface area contributed by atoms with Crippen molar-refractivity contribution in [3.8, 4) is 11.5 Å². The number of ether oxygens (including phenoxy) is 1. The molecule has 16 heavy (non-hydrogen) atoms. The summed E-state index contributed by atoms with van der Waals surface area (Å²) in [4.78, 5) is 11.2. The summed E-state index contributed by atoms with van der Waals surface area (Å²) in [6.07, 6.45) is 0.814. The van der Waals surface area contributed by atoms with Gasteiger partial charge in [-0.05, 0) is 34.1 Å². The minimum atomic E-state index is 0.656. The normalized spacial score (nSPS) is 10.1. The van der Waals surface area contributed by atoms with Gasteiger partial charge in [0.1, 0.15) is 11.5 Å². The summed E-state index contributed by atoms with van der Waals surface area (Å²) in [7, 11) is 0. The van der Waals surface area contributed by atoms with Crippen molar-refractivity contribution in [2.45, 2.75) is 0 Å². The highest BCUT2D eigenvalue weighted by Gasteiger charge is 2.05. The molecule has 5 heteroatoms. The van der Waals surface area contributed by atoms with Crippen LogP contribution in [0.3, 0.4) is 0 Å². The number of aldehydes is 1. The van der Waals surface area contributed by atoms with E-state index in [4.69, 9.17) is 4.74 Å². The van der Waals surface area contributed by atoms with E-state index in [0.29, 0.717) is 10.6 Å². The Kier molecular flexibility index (Phi) is 3.78. The van der Waals surface area contributed by atoms with Crippen LogP contribution in [0.1, 0.15) is 9.67 Å². The van der Waals surface area contributed by atoms with Gasteiger partial charge in [0.2, 0.25) is 0 Å². The first-order valence-corrected chi connectivity index (χ1v) is 6.82. The van der Waals surface area contributed by atoms with Crippen molar-refractivity contribution in [2.75, 3.05) is 0 Å². The molecule has 0 N–H and O–H groups in total. The lowest BCUT2D eigenvalue weighted by molar-refractivity contribution is 0.112. The van der Waals surface area contributed by atoms with Crippen LogP contribution >= 0.6 is 43.2 Å². The smallest absolute Gasteiger partial charge is 0.160 e. The fourth-order valence-electron chi connectivity index (χ4n) is 1.13. The number of thiophene rings is 1. The third-order valence-electron chi connectivity index (χ3n) is 1.83. The maximum Gasteiger partial charge on any atom is 0.160 e. The molecule has 0 saturated heterocycles. The molecule has 0 aliphatic heterocycles. The number of carbonyl (C=O) groups excluding carboxylic acids is 1. The number of hydrogen-bond donors (Lipinski definition) is 0. The highest BCUT2D eigenvalue weighted by Crippen LogP contribution is 2.33. The maximum atomic E-state index is 10.5. The van der Waals surface area contributed by atoms with Gasteiger partial charge in [-0.2, -0.15) is 0 Å². The zero-order chi connectivity index (χ0) is 11.5. The Labute approximate surface area is 114 Å². The average Bonchev–Trinajstić information content (AvgIpc) is 2.70. The lowest BCUT2D eigenvalue weighted by atomic mass is 10.3. The van der Waals surface area contributed by atoms with Gasteiger partial charge in [-0.1, -0.05) is 15.9 Å². The van der Waals surface area contributed by atoms with E-state index in [1.165, 1.54) is 11.3 Å². The first-order chi connectivity index (χ1) is 7.69. The van der Waals surface area contributed by atoms with Crippen LogP contribution in [-0.4, -0.2) is 6.29 Å². The Morgan fingerprint density at radius 2 is 2.06 bits per heavy atom. The molecule has 82 valence electrons. The van der Waals surface area contributed by atoms with E-state index in [1.807, 2.05) is 18.2 Å². The summed E-state index contributed by atoms with van der Waals surface area (Å²) in [6.45, 7) is 0. The van der Waals surface area contributed by atoms with E-state index in [2.05, 4.69) is 31.9 Å². The lowest BCUT2D eigenvalue weighted by Crippen LogP contribution is -1.83. The first-order valence-electron chi connectivity index (χ1n) is 4.35. The van der Waals surface area contributed by atoms with Crippen LogP contribution in [0.2, 0.25) is 0 Å². The molecule has 0 aliphatic carbocycles. The molecule has 0 amide bonds. The van der Waals surface area contributed by atoms with E-state index in [0.717, 1.165) is 21.0 Å². The second-order valence-electron chi connectivity index (χ2n) is 2.98. The molecule has 0 unspecified atom stereocenters. The van der Waals surface area contributed by atoms with Crippen molar-refractivity contribution >= 4 is 49.5 Å². The van der Waals surface area contributed by atoms with Crippen molar-refractivity contribution in [2.24, 2.45) is 0 Å². The van der Waals surface area contributed by atoms with Gasteiger partial charge in [-0.15, -0.1) is 11.3 Å². The summed E-state index contributed by atoms with van der Waals surface area (Å²) in [5.74, 6) is 1.40. The van der Waals surface area contributed by atoms with Gasteiger partial charge in [0.05, 0.1) is 9.35 Å². The number of benzene rings is 1. The van der Waals surface area contributed by atoms with Gasteiger partial charge in [0.25, 0.3) is 0 Å². The Morgan fingerprint density at radius 1 is 1.25 bits per heavy atom. The van der Waals surface area contributed by atoms with Crippen molar-refractivity contribution in [3.63, 3.8) is 0 Å². The molecule has 0 bridgehead atoms. The fourth-order valence-corrected chi connectivity index (χ4v) is 2.87. The Balaban J connectivity index is 2.23. The van der Waals surface area contributed by atoms with Crippen LogP contribution in [0.5, 0.6) is 11.5 Å². The summed E-state index contributed by atoms with van der Waals surface area (Å²) in [5, 5.41) is 1.80. The van der Waals surface area contributed by atoms with Crippen LogP contribution in [0.4, 0.5) is 0 Å². The number of carbonyl (C=O) groups is 1. The van der Waals surface area contributed by atoms with E-state index < -0.39 is 0 Å². The molecule has 0 aliphatic rings. The molecule has 2 nitrogen and oxygen atoms in total. The van der Waals surface area contributed by atoms with Crippen LogP contribution in [0.25, 0.3) is 0 Å². The molecule has 0 saturated carbocycles. The van der Waals surface area contributed by atoms with Crippen LogP contribution in [0, 0.1) is 0 Å². The average molecular weight is 362 g/mol. The third kappa shape index (κ3) is 2.72. The molecular formula is C11H6Br2O2S. The quantitative estimate of drug-likeness (QED) is 0.728. The monoisotopic (exact) mass is 360 g/mol. The standard InChI is InChI=1S/C11H6Br2O2S/c12-7-1-2-11(10(13)3-7)15-8-4-9(5-14)16-6-8/h1-6H. The van der Waals surface area contributed by atoms with Crippen LogP contribution in [0.15, 0.2) is 38.6 Å². The van der Waals surface area contributed by atoms with Crippen LogP contribution < -0.4 is 4.74 Å². The van der Waals surface area contributed by atoms with Gasteiger partial charge >= 0.3 is 0 Å². The predicted octanol–water partition coefficient (Wildman–Crippen LogP) is 4.88. The third-order valence-corrected chi connectivity index (χ3v) is 3.78. The summed E-state index contributed by atoms with van der Waals surface area (Å²) in [6, 6.07) is 7.37. The number of hydrogen-bond acceptors (Lipinski definition) is 3. The molecule has 2 rings (SSSR count). The Morgan fingerprint density at radius 3 is 2.69 bits per heavy atom. The molecule has 0 spiro atoms. The van der Waals surface area contributed by atoms with E-state index in [1.54, 1.807) is 11.4 Å². The summed E-state index contributed by atoms with van der Waals surface area (Å²) in [5.41, 5.74) is 0. The Bertz CT molecular complexity index is 522. The minimum Gasteiger partial charge on any atom is -0.455 e.